The summed E-state index contributed by atoms with van der Waals surface area (Å²) in [4.78, 5) is 4.68. The van der Waals surface area contributed by atoms with Crippen LogP contribution in [0.1, 0.15) is 39.0 Å². The molecule has 1 aliphatic rings. The van der Waals surface area contributed by atoms with Crippen molar-refractivity contribution in [1.82, 2.24) is 0 Å². The minimum absolute atomic E-state index is 0.0663. The Labute approximate surface area is 192 Å². The highest BCUT2D eigenvalue weighted by Gasteiger charge is 2.38. The summed E-state index contributed by atoms with van der Waals surface area (Å²) in [6.45, 7) is 15.6. The molecule has 0 N–H and O–H groups in total. The molecule has 3 aromatic rings. The van der Waals surface area contributed by atoms with E-state index < -0.39 is 0 Å². The minimum atomic E-state index is -0.0663. The maximum absolute atomic E-state index is 6.22. The summed E-state index contributed by atoms with van der Waals surface area (Å²) in [5.74, 6) is 0.842. The molecule has 0 atom stereocenters. The van der Waals surface area contributed by atoms with E-state index in [1.165, 1.54) is 22.6 Å². The highest BCUT2D eigenvalue weighted by Crippen LogP contribution is 2.47. The van der Waals surface area contributed by atoms with E-state index in [0.29, 0.717) is 0 Å². The van der Waals surface area contributed by atoms with Gasteiger partial charge in [0.1, 0.15) is 0 Å². The number of nitrogens with zero attached hydrogens (tertiary/aromatic N) is 2. The molecular formula is C29H33N2O+. The van der Waals surface area contributed by atoms with Crippen molar-refractivity contribution in [3.63, 3.8) is 0 Å². The van der Waals surface area contributed by atoms with Crippen LogP contribution in [0.2, 0.25) is 0 Å². The van der Waals surface area contributed by atoms with Gasteiger partial charge in [-0.1, -0.05) is 44.2 Å². The largest absolute Gasteiger partial charge is 0.372 e. The van der Waals surface area contributed by atoms with Gasteiger partial charge in [0.25, 0.3) is 0 Å². The first-order chi connectivity index (χ1) is 15.5. The van der Waals surface area contributed by atoms with Crippen LogP contribution in [-0.4, -0.2) is 19.6 Å². The van der Waals surface area contributed by atoms with Crippen molar-refractivity contribution in [3.8, 4) is 0 Å². The zero-order valence-electron chi connectivity index (χ0n) is 19.6. The van der Waals surface area contributed by atoms with Crippen LogP contribution < -0.4 is 9.80 Å². The molecule has 164 valence electrons. The summed E-state index contributed by atoms with van der Waals surface area (Å²) in [5, 5.41) is 1.11. The van der Waals surface area contributed by atoms with E-state index >= 15 is 0 Å². The third-order valence-corrected chi connectivity index (χ3v) is 6.41. The Balaban J connectivity index is 1.65. The molecule has 0 saturated carbocycles. The minimum Gasteiger partial charge on any atom is -0.372 e. The van der Waals surface area contributed by atoms with E-state index in [1.54, 1.807) is 0 Å². The van der Waals surface area contributed by atoms with Gasteiger partial charge in [-0.3, -0.25) is 0 Å². The Hall–Kier alpha value is -3.33. The molecule has 1 aromatic heterocycles. The first-order valence-electron chi connectivity index (χ1n) is 11.5. The number of para-hydroxylation sites is 1. The van der Waals surface area contributed by atoms with Gasteiger partial charge in [0.05, 0.1) is 11.5 Å². The van der Waals surface area contributed by atoms with E-state index in [4.69, 9.17) is 4.42 Å². The van der Waals surface area contributed by atoms with Crippen molar-refractivity contribution in [2.45, 2.75) is 33.1 Å². The number of hydrogen-bond acceptors (Lipinski definition) is 2. The molecule has 0 radical (unpaired) electrons. The first kappa shape index (κ1) is 21.9. The van der Waals surface area contributed by atoms with Gasteiger partial charge in [-0.2, -0.15) is 0 Å². The van der Waals surface area contributed by atoms with Crippen molar-refractivity contribution in [1.29, 1.82) is 0 Å². The van der Waals surface area contributed by atoms with Crippen molar-refractivity contribution >= 4 is 28.4 Å². The molecule has 0 spiro atoms. The summed E-state index contributed by atoms with van der Waals surface area (Å²) in [6.07, 6.45) is 8.30. The molecule has 0 fully saturated rings. The Morgan fingerprint density at radius 2 is 1.78 bits per heavy atom. The van der Waals surface area contributed by atoms with Crippen LogP contribution in [0.25, 0.3) is 17.0 Å². The fourth-order valence-electron chi connectivity index (χ4n) is 4.66. The maximum Gasteiger partial charge on any atom is 0.362 e. The second-order valence-corrected chi connectivity index (χ2v) is 8.68. The predicted octanol–water partition coefficient (Wildman–Crippen LogP) is 7.44. The molecule has 4 rings (SSSR count). The lowest BCUT2D eigenvalue weighted by Crippen LogP contribution is -2.26. The molecule has 2 aromatic carbocycles. The van der Waals surface area contributed by atoms with Crippen molar-refractivity contribution in [3.05, 3.63) is 96.4 Å². The number of allylic oxidation sites excluding steroid dienone is 3. The van der Waals surface area contributed by atoms with Gasteiger partial charge in [-0.05, 0) is 49.8 Å². The normalized spacial score (nSPS) is 16.1. The quantitative estimate of drug-likeness (QED) is 0.289. The maximum atomic E-state index is 6.22. The molecule has 32 heavy (non-hydrogen) atoms. The fourth-order valence-corrected chi connectivity index (χ4v) is 4.66. The van der Waals surface area contributed by atoms with Gasteiger partial charge in [-0.15, -0.1) is 6.58 Å². The van der Waals surface area contributed by atoms with Crippen LogP contribution >= 0.6 is 0 Å². The number of benzene rings is 2. The molecule has 0 saturated heterocycles. The summed E-state index contributed by atoms with van der Waals surface area (Å²) < 4.78 is 6.22. The van der Waals surface area contributed by atoms with E-state index in [1.807, 2.05) is 18.2 Å². The van der Waals surface area contributed by atoms with E-state index in [9.17, 15) is 0 Å². The van der Waals surface area contributed by atoms with Gasteiger partial charge < -0.3 is 9.80 Å². The molecule has 1 aliphatic heterocycles. The summed E-state index contributed by atoms with van der Waals surface area (Å²) in [6, 6.07) is 19.2. The predicted molar refractivity (Wildman–Crippen MR) is 138 cm³/mol. The SMILES string of the molecule is C=CCN1/C(=C\C=C\c2ccc3ccc(N(CC)CC)cc3[o+]2)C(C)(C)c2ccccc21. The van der Waals surface area contributed by atoms with E-state index in [2.05, 4.69) is 105 Å². The van der Waals surface area contributed by atoms with Crippen molar-refractivity contribution < 1.29 is 4.42 Å². The highest BCUT2D eigenvalue weighted by molar-refractivity contribution is 5.81. The Kier molecular flexibility index (Phi) is 6.18. The standard InChI is InChI=1S/C29H33N2O/c1-6-20-31-26-14-10-9-13-25(26)29(4,5)28(31)15-11-12-24-19-17-22-16-18-23(21-27(22)32-24)30(7-2)8-3/h6,9-19,21H,1,7-8,20H2,2-5H3/q+1/b12-11+,28-15-. The lowest BCUT2D eigenvalue weighted by molar-refractivity contribution is 0.592. The first-order valence-corrected chi connectivity index (χ1v) is 11.5. The molecule has 0 unspecified atom stereocenters. The molecule has 2 heterocycles. The van der Waals surface area contributed by atoms with Crippen LogP contribution in [0, 0.1) is 0 Å². The van der Waals surface area contributed by atoms with Crippen LogP contribution in [0.4, 0.5) is 11.4 Å². The molecule has 3 nitrogen and oxygen atoms in total. The van der Waals surface area contributed by atoms with Gasteiger partial charge in [0.15, 0.2) is 0 Å². The van der Waals surface area contributed by atoms with Crippen LogP contribution in [-0.2, 0) is 5.41 Å². The third kappa shape index (κ3) is 3.95. The number of hydrogen-bond donors (Lipinski definition) is 0. The number of rotatable bonds is 7. The summed E-state index contributed by atoms with van der Waals surface area (Å²) >= 11 is 0. The Morgan fingerprint density at radius 3 is 2.53 bits per heavy atom. The average molecular weight is 426 g/mol. The van der Waals surface area contributed by atoms with Crippen molar-refractivity contribution in [2.75, 3.05) is 29.4 Å². The lowest BCUT2D eigenvalue weighted by Gasteiger charge is -2.25. The molecular weight excluding hydrogens is 392 g/mol. The molecule has 0 bridgehead atoms. The topological polar surface area (TPSA) is 17.8 Å². The fraction of sp³-hybridized carbons (Fsp3) is 0.276. The third-order valence-electron chi connectivity index (χ3n) is 6.41. The smallest absolute Gasteiger partial charge is 0.362 e. The van der Waals surface area contributed by atoms with Gasteiger partial charge in [0.2, 0.25) is 0 Å². The van der Waals surface area contributed by atoms with Crippen LogP contribution in [0.3, 0.4) is 0 Å². The molecule has 0 aliphatic carbocycles. The zero-order chi connectivity index (χ0) is 22.7. The van der Waals surface area contributed by atoms with Crippen LogP contribution in [0.15, 0.2) is 89.5 Å². The monoisotopic (exact) mass is 425 g/mol. The van der Waals surface area contributed by atoms with Gasteiger partial charge >= 0.3 is 11.3 Å². The Bertz CT molecular complexity index is 1180. The van der Waals surface area contributed by atoms with Gasteiger partial charge in [-0.25, -0.2) is 4.42 Å². The van der Waals surface area contributed by atoms with E-state index in [-0.39, 0.29) is 5.41 Å². The zero-order valence-corrected chi connectivity index (χ0v) is 19.6. The average Bonchev–Trinajstić information content (AvgIpc) is 3.01. The second-order valence-electron chi connectivity index (χ2n) is 8.68. The van der Waals surface area contributed by atoms with Crippen LogP contribution in [0.5, 0.6) is 0 Å². The Morgan fingerprint density at radius 1 is 1.03 bits per heavy atom. The number of anilines is 2. The molecule has 3 heteroatoms. The van der Waals surface area contributed by atoms with Crippen molar-refractivity contribution in [2.24, 2.45) is 0 Å². The highest BCUT2D eigenvalue weighted by atomic mass is 16.3. The summed E-state index contributed by atoms with van der Waals surface area (Å²) in [7, 11) is 0. The van der Waals surface area contributed by atoms with Gasteiger partial charge in [0, 0.05) is 54.3 Å². The molecule has 0 amide bonds. The van der Waals surface area contributed by atoms with E-state index in [0.717, 1.165) is 36.4 Å². The lowest BCUT2D eigenvalue weighted by atomic mass is 9.84. The number of fused-ring (bicyclic) bond motifs is 2. The summed E-state index contributed by atoms with van der Waals surface area (Å²) in [5.41, 5.74) is 5.91. The second kappa shape index (κ2) is 9.04.